The summed E-state index contributed by atoms with van der Waals surface area (Å²) in [6.07, 6.45) is 2.92. The van der Waals surface area contributed by atoms with Crippen LogP contribution in [0, 0.1) is 0 Å². The smallest absolute Gasteiger partial charge is 0.329 e. The number of hydrogen-bond acceptors (Lipinski definition) is 7. The third-order valence-electron chi connectivity index (χ3n) is 4.42. The first-order valence-corrected chi connectivity index (χ1v) is 9.97. The molecule has 0 saturated carbocycles. The maximum atomic E-state index is 11.9. The molecule has 0 bridgehead atoms. The number of nitrogens with zero attached hydrogens (tertiary/aromatic N) is 1. The van der Waals surface area contributed by atoms with Crippen molar-refractivity contribution in [1.82, 2.24) is 16.1 Å². The highest BCUT2D eigenvalue weighted by Crippen LogP contribution is 2.10. The molecule has 0 unspecified atom stereocenters. The largest absolute Gasteiger partial charge is 0.458 e. The van der Waals surface area contributed by atoms with E-state index in [9.17, 15) is 19.2 Å². The van der Waals surface area contributed by atoms with Crippen LogP contribution in [0.5, 0.6) is 0 Å². The number of hydrogen-bond donors (Lipinski definition) is 4. The van der Waals surface area contributed by atoms with Crippen LogP contribution >= 0.6 is 0 Å². The Hall–Kier alpha value is -3.99. The summed E-state index contributed by atoms with van der Waals surface area (Å²) in [6.45, 7) is 0.909. The van der Waals surface area contributed by atoms with E-state index >= 15 is 0 Å². The molecular weight excluding hydrogens is 418 g/mol. The fourth-order valence-electron chi connectivity index (χ4n) is 2.81. The topological polar surface area (TPSA) is 151 Å². The van der Waals surface area contributed by atoms with Crippen LogP contribution in [0.1, 0.15) is 24.4 Å². The number of ether oxygens (including phenoxy) is 1. The van der Waals surface area contributed by atoms with Crippen LogP contribution in [0.2, 0.25) is 0 Å². The molecule has 32 heavy (non-hydrogen) atoms. The highest BCUT2D eigenvalue weighted by Gasteiger charge is 2.19. The Labute approximate surface area is 183 Å². The molecule has 1 aliphatic heterocycles. The van der Waals surface area contributed by atoms with Gasteiger partial charge in [-0.1, -0.05) is 18.2 Å². The van der Waals surface area contributed by atoms with Gasteiger partial charge in [0.05, 0.1) is 18.9 Å². The van der Waals surface area contributed by atoms with E-state index in [0.29, 0.717) is 18.1 Å². The molecule has 11 heteroatoms. The number of benzene rings is 1. The molecule has 0 aliphatic carbocycles. The van der Waals surface area contributed by atoms with Crippen molar-refractivity contribution in [1.29, 1.82) is 0 Å². The molecule has 1 aromatic carbocycles. The lowest BCUT2D eigenvalue weighted by atomic mass is 10.2. The second kappa shape index (κ2) is 11.4. The van der Waals surface area contributed by atoms with E-state index in [-0.39, 0.29) is 25.0 Å². The molecule has 1 atom stereocenters. The summed E-state index contributed by atoms with van der Waals surface area (Å²) < 4.78 is 10.8. The molecule has 1 fully saturated rings. The zero-order valence-corrected chi connectivity index (χ0v) is 17.1. The second-order valence-electron chi connectivity index (χ2n) is 6.85. The maximum Gasteiger partial charge on any atom is 0.329 e. The number of nitrogens with one attached hydrogen (secondary N) is 4. The summed E-state index contributed by atoms with van der Waals surface area (Å²) in [6, 6.07) is 11.7. The Balaban J connectivity index is 1.37. The molecule has 0 spiro atoms. The number of furan rings is 1. The van der Waals surface area contributed by atoms with E-state index in [1.807, 2.05) is 0 Å². The highest BCUT2D eigenvalue weighted by molar-refractivity contribution is 6.39. The van der Waals surface area contributed by atoms with Gasteiger partial charge in [-0.05, 0) is 37.1 Å². The quantitative estimate of drug-likeness (QED) is 0.275. The monoisotopic (exact) mass is 441 g/mol. The van der Waals surface area contributed by atoms with Crippen molar-refractivity contribution in [2.45, 2.75) is 25.5 Å². The predicted molar refractivity (Wildman–Crippen MR) is 113 cm³/mol. The Kier molecular flexibility index (Phi) is 8.09. The molecule has 168 valence electrons. The first-order valence-electron chi connectivity index (χ1n) is 9.97. The van der Waals surface area contributed by atoms with Crippen LogP contribution in [0.4, 0.5) is 5.69 Å². The van der Waals surface area contributed by atoms with Crippen molar-refractivity contribution in [3.8, 4) is 0 Å². The molecule has 4 amide bonds. The van der Waals surface area contributed by atoms with E-state index in [2.05, 4.69) is 26.5 Å². The van der Waals surface area contributed by atoms with Crippen LogP contribution in [0.25, 0.3) is 0 Å². The van der Waals surface area contributed by atoms with E-state index in [0.717, 1.165) is 12.8 Å². The Morgan fingerprint density at radius 3 is 2.50 bits per heavy atom. The van der Waals surface area contributed by atoms with Crippen LogP contribution in [0.15, 0.2) is 52.0 Å². The van der Waals surface area contributed by atoms with Gasteiger partial charge in [0.2, 0.25) is 0 Å². The fraction of sp³-hybridized carbons (Fsp3) is 0.286. The van der Waals surface area contributed by atoms with Crippen molar-refractivity contribution in [3.05, 3.63) is 54.0 Å². The minimum atomic E-state index is -0.914. The predicted octanol–water partition coefficient (Wildman–Crippen LogP) is 0.280. The van der Waals surface area contributed by atoms with Crippen LogP contribution in [-0.4, -0.2) is 49.1 Å². The van der Waals surface area contributed by atoms with Crippen molar-refractivity contribution in [2.75, 3.05) is 18.5 Å². The van der Waals surface area contributed by atoms with E-state index in [4.69, 9.17) is 9.15 Å². The first kappa shape index (κ1) is 22.7. The van der Waals surface area contributed by atoms with Crippen molar-refractivity contribution in [2.24, 2.45) is 5.10 Å². The zero-order valence-electron chi connectivity index (χ0n) is 17.1. The molecule has 2 heterocycles. The average Bonchev–Trinajstić information content (AvgIpc) is 3.48. The summed E-state index contributed by atoms with van der Waals surface area (Å²) >= 11 is 0. The van der Waals surface area contributed by atoms with Gasteiger partial charge in [0, 0.05) is 18.8 Å². The lowest BCUT2D eigenvalue weighted by Crippen LogP contribution is -2.41. The van der Waals surface area contributed by atoms with Gasteiger partial charge in [-0.15, -0.1) is 0 Å². The lowest BCUT2D eigenvalue weighted by Gasteiger charge is -2.09. The summed E-state index contributed by atoms with van der Waals surface area (Å²) in [4.78, 5) is 47.2. The summed E-state index contributed by atoms with van der Waals surface area (Å²) in [7, 11) is 0. The summed E-state index contributed by atoms with van der Waals surface area (Å²) in [5.41, 5.74) is 2.61. The number of carbonyl (C=O) groups is 4. The van der Waals surface area contributed by atoms with Gasteiger partial charge in [0.25, 0.3) is 0 Å². The Morgan fingerprint density at radius 1 is 0.969 bits per heavy atom. The van der Waals surface area contributed by atoms with Gasteiger partial charge in [0.1, 0.15) is 11.5 Å². The molecule has 11 nitrogen and oxygen atoms in total. The summed E-state index contributed by atoms with van der Waals surface area (Å²) in [5, 5.41) is 11.1. The van der Waals surface area contributed by atoms with Gasteiger partial charge in [-0.3, -0.25) is 19.2 Å². The zero-order chi connectivity index (χ0) is 22.8. The van der Waals surface area contributed by atoms with Crippen molar-refractivity contribution < 1.29 is 28.3 Å². The Morgan fingerprint density at radius 2 is 1.75 bits per heavy atom. The molecule has 1 aliphatic rings. The maximum absolute atomic E-state index is 11.9. The molecule has 2 aromatic rings. The van der Waals surface area contributed by atoms with Crippen LogP contribution < -0.4 is 21.4 Å². The second-order valence-corrected chi connectivity index (χ2v) is 6.85. The number of hydrazone groups is 1. The summed E-state index contributed by atoms with van der Waals surface area (Å²) in [5.74, 6) is -2.69. The van der Waals surface area contributed by atoms with Crippen molar-refractivity contribution >= 4 is 35.5 Å². The normalized spacial score (nSPS) is 15.3. The molecule has 1 saturated heterocycles. The number of amides is 4. The third kappa shape index (κ3) is 7.06. The Bertz CT molecular complexity index is 982. The molecular formula is C21H23N5O6. The standard InChI is InChI=1S/C21H23N5O6/c27-18(20(29)25-14-5-2-1-3-6-14)23-12-16-8-9-17(32-16)13-24-26-21(30)19(28)22-11-15-7-4-10-31-15/h1-3,5-6,8-9,13,15H,4,7,10-12H2,(H,22,28)(H,23,27)(H,25,29)(H,26,30)/b24-13+/t15-/m1/s1. The van der Waals surface area contributed by atoms with Crippen LogP contribution in [0.3, 0.4) is 0 Å². The van der Waals surface area contributed by atoms with Gasteiger partial charge in [0.15, 0.2) is 0 Å². The number of carbonyl (C=O) groups excluding carboxylic acids is 4. The SMILES string of the molecule is O=C(NC[C@H]1CCCO1)C(=O)N/N=C/c1ccc(CNC(=O)C(=O)Nc2ccccc2)o1. The number of para-hydroxylation sites is 1. The van der Waals surface area contributed by atoms with E-state index in [1.165, 1.54) is 6.21 Å². The average molecular weight is 441 g/mol. The lowest BCUT2D eigenvalue weighted by molar-refractivity contribution is -0.139. The molecule has 4 N–H and O–H groups in total. The molecule has 1 aromatic heterocycles. The van der Waals surface area contributed by atoms with Gasteiger partial charge in [-0.25, -0.2) is 5.43 Å². The highest BCUT2D eigenvalue weighted by atomic mass is 16.5. The first-order chi connectivity index (χ1) is 15.5. The minimum absolute atomic E-state index is 0.0209. The van der Waals surface area contributed by atoms with E-state index < -0.39 is 23.6 Å². The molecule has 3 rings (SSSR count). The number of anilines is 1. The van der Waals surface area contributed by atoms with Crippen molar-refractivity contribution in [3.63, 3.8) is 0 Å². The van der Waals surface area contributed by atoms with Crippen LogP contribution in [-0.2, 0) is 30.5 Å². The fourth-order valence-corrected chi connectivity index (χ4v) is 2.81. The van der Waals surface area contributed by atoms with Gasteiger partial charge >= 0.3 is 23.6 Å². The van der Waals surface area contributed by atoms with Gasteiger partial charge in [-0.2, -0.15) is 5.10 Å². The third-order valence-corrected chi connectivity index (χ3v) is 4.42. The molecule has 0 radical (unpaired) electrons. The van der Waals surface area contributed by atoms with Gasteiger partial charge < -0.3 is 25.1 Å². The van der Waals surface area contributed by atoms with E-state index in [1.54, 1.807) is 42.5 Å². The minimum Gasteiger partial charge on any atom is -0.458 e. The number of rotatable bonds is 7.